The van der Waals surface area contributed by atoms with Crippen LogP contribution in [0.5, 0.6) is 0 Å². The molecule has 18 heavy (non-hydrogen) atoms. The van der Waals surface area contributed by atoms with Crippen LogP contribution in [0.25, 0.3) is 6.08 Å². The first kappa shape index (κ1) is 12.3. The number of aryl methyl sites for hydroxylation is 1. The molecular formula is C15H16N2O. The number of benzene rings is 1. The van der Waals surface area contributed by atoms with Gasteiger partial charge in [-0.2, -0.15) is 0 Å². The molecular weight excluding hydrogens is 224 g/mol. The van der Waals surface area contributed by atoms with Crippen LogP contribution in [-0.4, -0.2) is 15.3 Å². The molecule has 0 saturated heterocycles. The lowest BCUT2D eigenvalue weighted by atomic mass is 10.2. The van der Waals surface area contributed by atoms with Gasteiger partial charge in [-0.25, -0.2) is 4.98 Å². The summed E-state index contributed by atoms with van der Waals surface area (Å²) in [4.78, 5) is 16.3. The molecule has 3 nitrogen and oxygen atoms in total. The van der Waals surface area contributed by atoms with E-state index in [-0.39, 0.29) is 5.78 Å². The lowest BCUT2D eigenvalue weighted by Gasteiger charge is -1.98. The molecule has 0 bridgehead atoms. The summed E-state index contributed by atoms with van der Waals surface area (Å²) in [6.45, 7) is 3.87. The van der Waals surface area contributed by atoms with Crippen molar-refractivity contribution in [1.29, 1.82) is 0 Å². The minimum absolute atomic E-state index is 0.0717. The van der Waals surface area contributed by atoms with Crippen molar-refractivity contribution >= 4 is 11.9 Å². The van der Waals surface area contributed by atoms with Crippen LogP contribution in [0.2, 0.25) is 0 Å². The summed E-state index contributed by atoms with van der Waals surface area (Å²) in [6.07, 6.45) is 3.37. The lowest BCUT2D eigenvalue weighted by Crippen LogP contribution is -2.05. The van der Waals surface area contributed by atoms with Crippen molar-refractivity contribution < 1.29 is 4.79 Å². The van der Waals surface area contributed by atoms with Crippen LogP contribution in [0.15, 0.2) is 36.4 Å². The third-order valence-electron chi connectivity index (χ3n) is 3.07. The number of hydrogen-bond donors (Lipinski definition) is 0. The summed E-state index contributed by atoms with van der Waals surface area (Å²) in [5.41, 5.74) is 2.92. The van der Waals surface area contributed by atoms with Crippen molar-refractivity contribution in [3.05, 3.63) is 59.2 Å². The van der Waals surface area contributed by atoms with Gasteiger partial charge in [0.2, 0.25) is 5.78 Å². The molecule has 0 spiro atoms. The average Bonchev–Trinajstić information content (AvgIpc) is 2.65. The lowest BCUT2D eigenvalue weighted by molar-refractivity contribution is 0.103. The summed E-state index contributed by atoms with van der Waals surface area (Å²) < 4.78 is 1.83. The third kappa shape index (κ3) is 2.40. The van der Waals surface area contributed by atoms with E-state index in [9.17, 15) is 4.79 Å². The summed E-state index contributed by atoms with van der Waals surface area (Å²) in [6, 6.07) is 9.75. The van der Waals surface area contributed by atoms with E-state index < -0.39 is 0 Å². The largest absolute Gasteiger partial charge is 0.328 e. The highest BCUT2D eigenvalue weighted by atomic mass is 16.1. The summed E-state index contributed by atoms with van der Waals surface area (Å²) in [7, 11) is 1.86. The Morgan fingerprint density at radius 2 is 1.89 bits per heavy atom. The molecule has 3 heteroatoms. The maximum Gasteiger partial charge on any atom is 0.221 e. The topological polar surface area (TPSA) is 34.9 Å². The van der Waals surface area contributed by atoms with Crippen LogP contribution in [0.1, 0.15) is 27.6 Å². The molecule has 0 fully saturated rings. The molecule has 1 heterocycles. The van der Waals surface area contributed by atoms with E-state index in [2.05, 4.69) is 4.98 Å². The molecule has 0 atom stereocenters. The minimum atomic E-state index is -0.0717. The molecule has 0 amide bonds. The Hall–Kier alpha value is -2.16. The van der Waals surface area contributed by atoms with E-state index in [0.717, 1.165) is 17.0 Å². The van der Waals surface area contributed by atoms with Crippen LogP contribution in [-0.2, 0) is 7.05 Å². The second-order valence-corrected chi connectivity index (χ2v) is 4.27. The number of carbonyl (C=O) groups is 1. The number of allylic oxidation sites excluding steroid dienone is 1. The number of nitrogens with zero attached hydrogens (tertiary/aromatic N) is 2. The molecule has 0 radical (unpaired) electrons. The van der Waals surface area contributed by atoms with E-state index in [0.29, 0.717) is 5.82 Å². The van der Waals surface area contributed by atoms with Gasteiger partial charge in [-0.1, -0.05) is 36.4 Å². The zero-order valence-electron chi connectivity index (χ0n) is 10.8. The Balaban J connectivity index is 2.23. The molecule has 2 aromatic rings. The Bertz CT molecular complexity index is 594. The van der Waals surface area contributed by atoms with Crippen LogP contribution < -0.4 is 0 Å². The predicted molar refractivity (Wildman–Crippen MR) is 72.5 cm³/mol. The molecule has 2 rings (SSSR count). The second kappa shape index (κ2) is 5.00. The number of aromatic nitrogens is 2. The highest BCUT2D eigenvalue weighted by Crippen LogP contribution is 2.10. The number of carbonyl (C=O) groups excluding carboxylic acids is 1. The fourth-order valence-corrected chi connectivity index (χ4v) is 1.75. The molecule has 1 aromatic heterocycles. The maximum absolute atomic E-state index is 12.0. The Kier molecular flexibility index (Phi) is 3.42. The third-order valence-corrected chi connectivity index (χ3v) is 3.07. The van der Waals surface area contributed by atoms with E-state index >= 15 is 0 Å². The van der Waals surface area contributed by atoms with Crippen molar-refractivity contribution in [3.8, 4) is 0 Å². The second-order valence-electron chi connectivity index (χ2n) is 4.27. The van der Waals surface area contributed by atoms with Gasteiger partial charge in [-0.15, -0.1) is 0 Å². The van der Waals surface area contributed by atoms with Gasteiger partial charge in [0.05, 0.1) is 5.69 Å². The van der Waals surface area contributed by atoms with Crippen LogP contribution in [0, 0.1) is 13.8 Å². The van der Waals surface area contributed by atoms with Crippen molar-refractivity contribution in [2.24, 2.45) is 7.05 Å². The van der Waals surface area contributed by atoms with Gasteiger partial charge in [-0.05, 0) is 25.5 Å². The van der Waals surface area contributed by atoms with Gasteiger partial charge in [0.25, 0.3) is 0 Å². The van der Waals surface area contributed by atoms with E-state index in [1.807, 2.05) is 61.9 Å². The summed E-state index contributed by atoms with van der Waals surface area (Å²) in [5.74, 6) is 0.412. The number of rotatable bonds is 3. The normalized spacial score (nSPS) is 11.1. The fourth-order valence-electron chi connectivity index (χ4n) is 1.75. The van der Waals surface area contributed by atoms with Crippen LogP contribution in [0.4, 0.5) is 0 Å². The Morgan fingerprint density at radius 1 is 1.22 bits per heavy atom. The van der Waals surface area contributed by atoms with Crippen molar-refractivity contribution in [3.63, 3.8) is 0 Å². The van der Waals surface area contributed by atoms with Crippen molar-refractivity contribution in [2.75, 3.05) is 0 Å². The van der Waals surface area contributed by atoms with Crippen molar-refractivity contribution in [2.45, 2.75) is 13.8 Å². The van der Waals surface area contributed by atoms with Gasteiger partial charge in [0.15, 0.2) is 5.82 Å². The molecule has 92 valence electrons. The first-order valence-corrected chi connectivity index (χ1v) is 5.87. The number of imidazole rings is 1. The van der Waals surface area contributed by atoms with E-state index in [1.165, 1.54) is 0 Å². The fraction of sp³-hybridized carbons (Fsp3) is 0.200. The van der Waals surface area contributed by atoms with E-state index in [4.69, 9.17) is 0 Å². The van der Waals surface area contributed by atoms with Gasteiger partial charge < -0.3 is 4.57 Å². The van der Waals surface area contributed by atoms with Crippen LogP contribution >= 0.6 is 0 Å². The number of hydrogen-bond acceptors (Lipinski definition) is 2. The minimum Gasteiger partial charge on any atom is -0.328 e. The molecule has 0 N–H and O–H groups in total. The first-order valence-electron chi connectivity index (χ1n) is 5.87. The smallest absolute Gasteiger partial charge is 0.221 e. The molecule has 0 saturated carbocycles. The Morgan fingerprint density at radius 3 is 2.44 bits per heavy atom. The number of ketones is 1. The van der Waals surface area contributed by atoms with Crippen molar-refractivity contribution in [1.82, 2.24) is 9.55 Å². The molecule has 1 aromatic carbocycles. The Labute approximate surface area is 107 Å². The van der Waals surface area contributed by atoms with E-state index in [1.54, 1.807) is 6.08 Å². The summed E-state index contributed by atoms with van der Waals surface area (Å²) in [5, 5.41) is 0. The summed E-state index contributed by atoms with van der Waals surface area (Å²) >= 11 is 0. The first-order chi connectivity index (χ1) is 8.59. The van der Waals surface area contributed by atoms with Gasteiger partial charge in [0.1, 0.15) is 0 Å². The predicted octanol–water partition coefficient (Wildman–Crippen LogP) is 2.93. The van der Waals surface area contributed by atoms with Gasteiger partial charge in [-0.3, -0.25) is 4.79 Å². The SMILES string of the molecule is Cc1nc(C(=O)/C=C/c2ccccc2)n(C)c1C. The standard InChI is InChI=1S/C15H16N2O/c1-11-12(2)17(3)15(16-11)14(18)10-9-13-7-5-4-6-8-13/h4-10H,1-3H3/b10-9+. The highest BCUT2D eigenvalue weighted by molar-refractivity contribution is 6.04. The van der Waals surface area contributed by atoms with Gasteiger partial charge >= 0.3 is 0 Å². The molecule has 0 unspecified atom stereocenters. The molecule has 0 aliphatic rings. The van der Waals surface area contributed by atoms with Crippen LogP contribution in [0.3, 0.4) is 0 Å². The van der Waals surface area contributed by atoms with Gasteiger partial charge in [0, 0.05) is 12.7 Å². The zero-order valence-corrected chi connectivity index (χ0v) is 10.8. The maximum atomic E-state index is 12.0. The average molecular weight is 240 g/mol. The zero-order chi connectivity index (χ0) is 13.1. The molecule has 0 aliphatic carbocycles. The highest BCUT2D eigenvalue weighted by Gasteiger charge is 2.12. The molecule has 0 aliphatic heterocycles. The quantitative estimate of drug-likeness (QED) is 0.610. The monoisotopic (exact) mass is 240 g/mol.